The van der Waals surface area contributed by atoms with Crippen molar-refractivity contribution in [2.75, 3.05) is 5.73 Å². The summed E-state index contributed by atoms with van der Waals surface area (Å²) in [5, 5.41) is 13.5. The van der Waals surface area contributed by atoms with Crippen molar-refractivity contribution in [3.8, 4) is 11.3 Å². The average molecular weight is 246 g/mol. The summed E-state index contributed by atoms with van der Waals surface area (Å²) in [6.07, 6.45) is 2.61. The summed E-state index contributed by atoms with van der Waals surface area (Å²) >= 11 is 0. The Morgan fingerprint density at radius 2 is 2.11 bits per heavy atom. The second-order valence-electron chi connectivity index (χ2n) is 4.06. The van der Waals surface area contributed by atoms with Crippen LogP contribution in [-0.2, 0) is 6.54 Å². The quantitative estimate of drug-likeness (QED) is 0.810. The number of nitrogens with zero attached hydrogens (tertiary/aromatic N) is 3. The molecule has 0 aliphatic rings. The van der Waals surface area contributed by atoms with Gasteiger partial charge in [0.2, 0.25) is 0 Å². The van der Waals surface area contributed by atoms with Gasteiger partial charge >= 0.3 is 0 Å². The highest BCUT2D eigenvalue weighted by Crippen LogP contribution is 2.15. The Hall–Kier alpha value is -2.21. The molecule has 18 heavy (non-hydrogen) atoms. The lowest BCUT2D eigenvalue weighted by molar-refractivity contribution is 0.166. The summed E-state index contributed by atoms with van der Waals surface area (Å²) in [5.74, 6) is 0. The summed E-state index contributed by atoms with van der Waals surface area (Å²) in [4.78, 5) is 15.7. The predicted molar refractivity (Wildman–Crippen MR) is 67.8 cm³/mol. The summed E-state index contributed by atoms with van der Waals surface area (Å²) in [6, 6.07) is 5.08. The Morgan fingerprint density at radius 1 is 1.44 bits per heavy atom. The number of nitrogen functional groups attached to an aromatic ring is 1. The lowest BCUT2D eigenvalue weighted by atomic mass is 10.2. The van der Waals surface area contributed by atoms with E-state index in [1.807, 2.05) is 0 Å². The average Bonchev–Trinajstić information content (AvgIpc) is 2.35. The topological polar surface area (TPSA) is 94.0 Å². The van der Waals surface area contributed by atoms with Gasteiger partial charge in [0.25, 0.3) is 5.56 Å². The Bertz CT molecular complexity index is 593. The van der Waals surface area contributed by atoms with E-state index in [1.54, 1.807) is 31.5 Å². The van der Waals surface area contributed by atoms with Crippen LogP contribution in [0.1, 0.15) is 6.92 Å². The number of anilines is 1. The van der Waals surface area contributed by atoms with Crippen molar-refractivity contribution in [3.05, 3.63) is 40.9 Å². The molecule has 0 amide bonds. The van der Waals surface area contributed by atoms with E-state index in [0.717, 1.165) is 5.56 Å². The van der Waals surface area contributed by atoms with E-state index >= 15 is 0 Å². The van der Waals surface area contributed by atoms with Crippen molar-refractivity contribution in [2.24, 2.45) is 0 Å². The van der Waals surface area contributed by atoms with Gasteiger partial charge in [-0.15, -0.1) is 0 Å². The molecule has 1 unspecified atom stereocenters. The molecule has 3 N–H and O–H groups in total. The van der Waals surface area contributed by atoms with Gasteiger partial charge in [0.05, 0.1) is 18.3 Å². The minimum atomic E-state index is -0.665. The molecule has 2 rings (SSSR count). The van der Waals surface area contributed by atoms with Gasteiger partial charge in [0, 0.05) is 18.0 Å². The van der Waals surface area contributed by atoms with Gasteiger partial charge in [-0.2, -0.15) is 5.10 Å². The number of aliphatic hydroxyl groups is 1. The highest BCUT2D eigenvalue weighted by atomic mass is 16.3. The minimum Gasteiger partial charge on any atom is -0.394 e. The van der Waals surface area contributed by atoms with Crippen LogP contribution in [-0.4, -0.2) is 26.0 Å². The highest BCUT2D eigenvalue weighted by Gasteiger charge is 2.09. The van der Waals surface area contributed by atoms with Crippen LogP contribution in [0, 0.1) is 0 Å². The maximum absolute atomic E-state index is 11.7. The molecule has 2 aromatic rings. The van der Waals surface area contributed by atoms with Crippen molar-refractivity contribution in [2.45, 2.75) is 19.6 Å². The van der Waals surface area contributed by atoms with E-state index in [9.17, 15) is 9.90 Å². The largest absolute Gasteiger partial charge is 0.394 e. The number of pyridine rings is 1. The fraction of sp³-hybridized carbons (Fsp3) is 0.250. The molecule has 2 aromatic heterocycles. The van der Waals surface area contributed by atoms with E-state index in [2.05, 4.69) is 10.1 Å². The van der Waals surface area contributed by atoms with Gasteiger partial charge in [0.15, 0.2) is 0 Å². The maximum Gasteiger partial charge on any atom is 0.289 e. The summed E-state index contributed by atoms with van der Waals surface area (Å²) < 4.78 is 1.18. The minimum absolute atomic E-state index is 0.109. The molecule has 0 aromatic carbocycles. The normalized spacial score (nSPS) is 12.3. The Balaban J connectivity index is 2.51. The van der Waals surface area contributed by atoms with Crippen molar-refractivity contribution in [1.82, 2.24) is 14.8 Å². The fourth-order valence-corrected chi connectivity index (χ4v) is 1.60. The molecule has 0 spiro atoms. The zero-order valence-corrected chi connectivity index (χ0v) is 9.95. The molecule has 0 aliphatic heterocycles. The number of nitrogens with two attached hydrogens (primary N) is 1. The Morgan fingerprint density at radius 3 is 2.72 bits per heavy atom. The standard InChI is InChI=1S/C12H14N4O2/c1-8(17)7-16-12(18)10(13)6-11(15-16)9-2-4-14-5-3-9/h2-6,8,17H,7,13H2,1H3. The molecule has 0 fully saturated rings. The maximum atomic E-state index is 11.7. The van der Waals surface area contributed by atoms with Crippen LogP contribution in [0.4, 0.5) is 5.69 Å². The van der Waals surface area contributed by atoms with Crippen LogP contribution in [0.3, 0.4) is 0 Å². The molecule has 2 heterocycles. The molecular weight excluding hydrogens is 232 g/mol. The second kappa shape index (κ2) is 4.97. The Labute approximate surface area is 104 Å². The van der Waals surface area contributed by atoms with Gasteiger partial charge < -0.3 is 10.8 Å². The summed E-state index contributed by atoms with van der Waals surface area (Å²) in [7, 11) is 0. The molecule has 0 saturated heterocycles. The molecule has 0 aliphatic carbocycles. The first-order valence-electron chi connectivity index (χ1n) is 5.54. The lowest BCUT2D eigenvalue weighted by Gasteiger charge is -2.10. The van der Waals surface area contributed by atoms with E-state index < -0.39 is 11.7 Å². The van der Waals surface area contributed by atoms with Crippen LogP contribution in [0.15, 0.2) is 35.4 Å². The molecule has 94 valence electrons. The van der Waals surface area contributed by atoms with Gasteiger partial charge in [-0.1, -0.05) is 0 Å². The number of aliphatic hydroxyl groups excluding tert-OH is 1. The first kappa shape index (κ1) is 12.3. The van der Waals surface area contributed by atoms with Gasteiger partial charge in [-0.3, -0.25) is 9.78 Å². The van der Waals surface area contributed by atoms with Gasteiger partial charge in [-0.25, -0.2) is 4.68 Å². The zero-order chi connectivity index (χ0) is 13.1. The lowest BCUT2D eigenvalue weighted by Crippen LogP contribution is -2.29. The summed E-state index contributed by atoms with van der Waals surface area (Å²) in [5.41, 5.74) is 6.77. The van der Waals surface area contributed by atoms with E-state index in [1.165, 1.54) is 10.7 Å². The molecule has 1 atom stereocenters. The molecular formula is C12H14N4O2. The second-order valence-corrected chi connectivity index (χ2v) is 4.06. The third-order valence-electron chi connectivity index (χ3n) is 2.42. The Kier molecular flexibility index (Phi) is 3.38. The molecule has 0 bridgehead atoms. The zero-order valence-electron chi connectivity index (χ0n) is 9.95. The number of aromatic nitrogens is 3. The highest BCUT2D eigenvalue weighted by molar-refractivity contribution is 5.61. The molecule has 6 heteroatoms. The molecule has 6 nitrogen and oxygen atoms in total. The van der Waals surface area contributed by atoms with Crippen LogP contribution < -0.4 is 11.3 Å². The summed E-state index contributed by atoms with van der Waals surface area (Å²) in [6.45, 7) is 1.70. The molecule has 0 radical (unpaired) electrons. The van der Waals surface area contributed by atoms with Crippen molar-refractivity contribution in [1.29, 1.82) is 0 Å². The van der Waals surface area contributed by atoms with Crippen LogP contribution in [0.2, 0.25) is 0 Å². The van der Waals surface area contributed by atoms with Crippen LogP contribution >= 0.6 is 0 Å². The monoisotopic (exact) mass is 246 g/mol. The van der Waals surface area contributed by atoms with E-state index in [-0.39, 0.29) is 12.2 Å². The predicted octanol–water partition coefficient (Wildman–Crippen LogP) is 0.268. The first-order valence-corrected chi connectivity index (χ1v) is 5.54. The van der Waals surface area contributed by atoms with Gasteiger partial charge in [0.1, 0.15) is 5.69 Å². The van der Waals surface area contributed by atoms with Crippen molar-refractivity contribution >= 4 is 5.69 Å². The first-order chi connectivity index (χ1) is 8.58. The van der Waals surface area contributed by atoms with Crippen LogP contribution in [0.25, 0.3) is 11.3 Å². The van der Waals surface area contributed by atoms with Crippen molar-refractivity contribution in [3.63, 3.8) is 0 Å². The van der Waals surface area contributed by atoms with Gasteiger partial charge in [-0.05, 0) is 25.1 Å². The third-order valence-corrected chi connectivity index (χ3v) is 2.42. The smallest absolute Gasteiger partial charge is 0.289 e. The third kappa shape index (κ3) is 2.54. The molecule has 0 saturated carbocycles. The van der Waals surface area contributed by atoms with E-state index in [0.29, 0.717) is 5.69 Å². The fourth-order valence-electron chi connectivity index (χ4n) is 1.60. The van der Waals surface area contributed by atoms with E-state index in [4.69, 9.17) is 5.73 Å². The van der Waals surface area contributed by atoms with Crippen LogP contribution in [0.5, 0.6) is 0 Å². The number of hydrogen-bond acceptors (Lipinski definition) is 5. The SMILES string of the molecule is CC(O)Cn1nc(-c2ccncc2)cc(N)c1=O. The van der Waals surface area contributed by atoms with Crippen molar-refractivity contribution < 1.29 is 5.11 Å². The number of rotatable bonds is 3. The number of hydrogen-bond donors (Lipinski definition) is 2.